The molecule has 1 heterocycles. The Kier molecular flexibility index (Phi) is 4.60. The highest BCUT2D eigenvalue weighted by Crippen LogP contribution is 2.27. The van der Waals surface area contributed by atoms with Gasteiger partial charge in [0.1, 0.15) is 0 Å². The third kappa shape index (κ3) is 3.17. The van der Waals surface area contributed by atoms with Crippen LogP contribution >= 0.6 is 11.8 Å². The molecule has 78 valence electrons. The Balaban J connectivity index is 2.30. The fraction of sp³-hybridized carbons (Fsp3) is 1.00. The normalized spacial score (nSPS) is 33.2. The summed E-state index contributed by atoms with van der Waals surface area (Å²) >= 11 is 2.10. The molecule has 0 aliphatic carbocycles. The van der Waals surface area contributed by atoms with E-state index in [1.165, 1.54) is 18.6 Å². The molecule has 0 aromatic rings. The molecule has 1 N–H and O–H groups in total. The summed E-state index contributed by atoms with van der Waals surface area (Å²) in [7, 11) is 0. The molecule has 0 aromatic carbocycles. The fourth-order valence-electron chi connectivity index (χ4n) is 1.81. The zero-order valence-corrected chi connectivity index (χ0v) is 10.2. The standard InChI is InChI=1S/C11H23NS/c1-5-8(2)9(3)12-11-6-7-13-10(11)4/h8-12H,5-7H2,1-4H3. The van der Waals surface area contributed by atoms with Crippen LogP contribution in [0, 0.1) is 5.92 Å². The van der Waals surface area contributed by atoms with Gasteiger partial charge in [-0.2, -0.15) is 11.8 Å². The minimum absolute atomic E-state index is 0.677. The van der Waals surface area contributed by atoms with Gasteiger partial charge >= 0.3 is 0 Å². The Bertz CT molecular complexity index is 149. The summed E-state index contributed by atoms with van der Waals surface area (Å²) in [5.74, 6) is 2.14. The minimum Gasteiger partial charge on any atom is -0.310 e. The lowest BCUT2D eigenvalue weighted by molar-refractivity contribution is 0.346. The van der Waals surface area contributed by atoms with Crippen molar-refractivity contribution in [2.75, 3.05) is 5.75 Å². The number of hydrogen-bond donors (Lipinski definition) is 1. The number of nitrogens with one attached hydrogen (secondary N) is 1. The van der Waals surface area contributed by atoms with Crippen molar-refractivity contribution in [3.05, 3.63) is 0 Å². The lowest BCUT2D eigenvalue weighted by Gasteiger charge is -2.26. The van der Waals surface area contributed by atoms with Crippen molar-refractivity contribution in [2.45, 2.75) is 57.9 Å². The topological polar surface area (TPSA) is 12.0 Å². The highest BCUT2D eigenvalue weighted by atomic mass is 32.2. The molecule has 1 nitrogen and oxygen atoms in total. The van der Waals surface area contributed by atoms with Gasteiger partial charge in [0.15, 0.2) is 0 Å². The van der Waals surface area contributed by atoms with Crippen LogP contribution in [0.1, 0.15) is 40.5 Å². The SMILES string of the molecule is CCC(C)C(C)NC1CCSC1C. The predicted octanol–water partition coefficient (Wildman–Crippen LogP) is 2.90. The Morgan fingerprint density at radius 2 is 2.15 bits per heavy atom. The van der Waals surface area contributed by atoms with Gasteiger partial charge in [-0.25, -0.2) is 0 Å². The molecular formula is C11H23NS. The third-order valence-corrected chi connectivity index (χ3v) is 4.68. The lowest BCUT2D eigenvalue weighted by atomic mass is 9.99. The van der Waals surface area contributed by atoms with Crippen LogP contribution in [0.5, 0.6) is 0 Å². The van der Waals surface area contributed by atoms with Crippen LogP contribution in [0.2, 0.25) is 0 Å². The zero-order chi connectivity index (χ0) is 9.84. The number of rotatable bonds is 4. The van der Waals surface area contributed by atoms with E-state index in [1.807, 2.05) is 0 Å². The van der Waals surface area contributed by atoms with Crippen molar-refractivity contribution in [3.63, 3.8) is 0 Å². The molecule has 4 atom stereocenters. The Morgan fingerprint density at radius 3 is 2.62 bits per heavy atom. The molecule has 1 rings (SSSR count). The van der Waals surface area contributed by atoms with Crippen molar-refractivity contribution in [1.82, 2.24) is 5.32 Å². The predicted molar refractivity (Wildman–Crippen MR) is 62.4 cm³/mol. The van der Waals surface area contributed by atoms with E-state index in [-0.39, 0.29) is 0 Å². The monoisotopic (exact) mass is 201 g/mol. The molecule has 0 spiro atoms. The van der Waals surface area contributed by atoms with Gasteiger partial charge < -0.3 is 5.32 Å². The van der Waals surface area contributed by atoms with E-state index in [2.05, 4.69) is 44.8 Å². The molecule has 13 heavy (non-hydrogen) atoms. The van der Waals surface area contributed by atoms with E-state index in [0.29, 0.717) is 6.04 Å². The fourth-order valence-corrected chi connectivity index (χ4v) is 3.01. The summed E-state index contributed by atoms with van der Waals surface area (Å²) < 4.78 is 0. The van der Waals surface area contributed by atoms with Crippen molar-refractivity contribution >= 4 is 11.8 Å². The van der Waals surface area contributed by atoms with Gasteiger partial charge in [0.05, 0.1) is 0 Å². The van der Waals surface area contributed by atoms with E-state index in [1.54, 1.807) is 0 Å². The van der Waals surface area contributed by atoms with Crippen molar-refractivity contribution in [1.29, 1.82) is 0 Å². The molecule has 0 saturated carbocycles. The zero-order valence-electron chi connectivity index (χ0n) is 9.34. The smallest absolute Gasteiger partial charge is 0.0194 e. The largest absolute Gasteiger partial charge is 0.310 e. The third-order valence-electron chi connectivity index (χ3n) is 3.35. The molecule has 2 heteroatoms. The molecule has 4 unspecified atom stereocenters. The summed E-state index contributed by atoms with van der Waals surface area (Å²) in [5.41, 5.74) is 0. The average molecular weight is 201 g/mol. The van der Waals surface area contributed by atoms with Gasteiger partial charge in [-0.3, -0.25) is 0 Å². The summed E-state index contributed by atoms with van der Waals surface area (Å²) in [6.07, 6.45) is 2.63. The molecule has 1 fully saturated rings. The van der Waals surface area contributed by atoms with E-state index >= 15 is 0 Å². The van der Waals surface area contributed by atoms with Gasteiger partial charge in [0.25, 0.3) is 0 Å². The quantitative estimate of drug-likeness (QED) is 0.750. The first-order valence-electron chi connectivity index (χ1n) is 5.52. The molecule has 0 bridgehead atoms. The van der Waals surface area contributed by atoms with E-state index in [9.17, 15) is 0 Å². The number of thioether (sulfide) groups is 1. The first kappa shape index (κ1) is 11.4. The number of hydrogen-bond acceptors (Lipinski definition) is 2. The van der Waals surface area contributed by atoms with Crippen LogP contribution in [0.4, 0.5) is 0 Å². The summed E-state index contributed by atoms with van der Waals surface area (Å²) in [4.78, 5) is 0. The highest BCUT2D eigenvalue weighted by molar-refractivity contribution is 8.00. The first-order chi connectivity index (χ1) is 6.15. The van der Waals surface area contributed by atoms with Crippen LogP contribution in [0.3, 0.4) is 0 Å². The summed E-state index contributed by atoms with van der Waals surface area (Å²) in [6.45, 7) is 9.28. The van der Waals surface area contributed by atoms with Crippen molar-refractivity contribution in [3.8, 4) is 0 Å². The van der Waals surface area contributed by atoms with Gasteiger partial charge in [-0.05, 0) is 25.0 Å². The molecule has 0 radical (unpaired) electrons. The first-order valence-corrected chi connectivity index (χ1v) is 6.57. The van der Waals surface area contributed by atoms with Crippen LogP contribution in [-0.4, -0.2) is 23.1 Å². The molecule has 1 aliphatic rings. The summed E-state index contributed by atoms with van der Waals surface area (Å²) in [6, 6.07) is 1.44. The van der Waals surface area contributed by atoms with Crippen molar-refractivity contribution < 1.29 is 0 Å². The maximum Gasteiger partial charge on any atom is 0.0194 e. The summed E-state index contributed by atoms with van der Waals surface area (Å²) in [5, 5.41) is 4.57. The van der Waals surface area contributed by atoms with Gasteiger partial charge in [0.2, 0.25) is 0 Å². The van der Waals surface area contributed by atoms with Crippen LogP contribution in [-0.2, 0) is 0 Å². The molecule has 0 aromatic heterocycles. The molecular weight excluding hydrogens is 178 g/mol. The Morgan fingerprint density at radius 1 is 1.46 bits per heavy atom. The lowest BCUT2D eigenvalue weighted by Crippen LogP contribution is -2.42. The van der Waals surface area contributed by atoms with E-state index in [4.69, 9.17) is 0 Å². The van der Waals surface area contributed by atoms with Gasteiger partial charge in [-0.1, -0.05) is 27.2 Å². The highest BCUT2D eigenvalue weighted by Gasteiger charge is 2.25. The minimum atomic E-state index is 0.677. The Hall–Kier alpha value is 0.310. The van der Waals surface area contributed by atoms with E-state index < -0.39 is 0 Å². The van der Waals surface area contributed by atoms with Gasteiger partial charge in [0, 0.05) is 17.3 Å². The molecule has 1 aliphatic heterocycles. The second-order valence-corrected chi connectivity index (χ2v) is 5.80. The van der Waals surface area contributed by atoms with Gasteiger partial charge in [-0.15, -0.1) is 0 Å². The second-order valence-electron chi connectivity index (χ2n) is 4.31. The van der Waals surface area contributed by atoms with Crippen molar-refractivity contribution in [2.24, 2.45) is 5.92 Å². The van der Waals surface area contributed by atoms with Crippen LogP contribution < -0.4 is 5.32 Å². The van der Waals surface area contributed by atoms with E-state index in [0.717, 1.165) is 17.2 Å². The second kappa shape index (κ2) is 5.26. The maximum atomic E-state index is 3.76. The van der Waals surface area contributed by atoms with Crippen LogP contribution in [0.15, 0.2) is 0 Å². The Labute approximate surface area is 87.1 Å². The average Bonchev–Trinajstić information content (AvgIpc) is 2.50. The molecule has 1 saturated heterocycles. The molecule has 0 amide bonds. The van der Waals surface area contributed by atoms with Crippen LogP contribution in [0.25, 0.3) is 0 Å². The maximum absolute atomic E-state index is 3.76.